The summed E-state index contributed by atoms with van der Waals surface area (Å²) in [6.07, 6.45) is 1.31. The Morgan fingerprint density at radius 2 is 2.19 bits per heavy atom. The van der Waals surface area contributed by atoms with Crippen molar-refractivity contribution < 1.29 is 14.7 Å². The lowest BCUT2D eigenvalue weighted by molar-refractivity contribution is 0.0690. The van der Waals surface area contributed by atoms with Gasteiger partial charge in [0.15, 0.2) is 5.69 Å². The highest BCUT2D eigenvalue weighted by molar-refractivity contribution is 6.31. The molecule has 1 amide bonds. The van der Waals surface area contributed by atoms with Crippen LogP contribution in [0.2, 0.25) is 5.02 Å². The van der Waals surface area contributed by atoms with Gasteiger partial charge in [0, 0.05) is 17.1 Å². The van der Waals surface area contributed by atoms with Gasteiger partial charge in [-0.2, -0.15) is 0 Å². The predicted molar refractivity (Wildman–Crippen MR) is 75.5 cm³/mol. The molecule has 0 atom stereocenters. The van der Waals surface area contributed by atoms with Gasteiger partial charge in [0.1, 0.15) is 0 Å². The van der Waals surface area contributed by atoms with E-state index in [1.807, 2.05) is 6.92 Å². The summed E-state index contributed by atoms with van der Waals surface area (Å²) in [4.78, 5) is 22.6. The molecule has 1 heterocycles. The first-order valence-electron chi connectivity index (χ1n) is 6.15. The molecule has 0 bridgehead atoms. The van der Waals surface area contributed by atoms with Crippen LogP contribution in [-0.4, -0.2) is 38.5 Å². The first-order chi connectivity index (χ1) is 9.97. The fourth-order valence-corrected chi connectivity index (χ4v) is 1.80. The molecule has 0 aliphatic carbocycles. The van der Waals surface area contributed by atoms with Crippen LogP contribution in [-0.2, 0) is 6.54 Å². The molecule has 0 saturated carbocycles. The number of nitrogens with zero attached hydrogens (tertiary/aromatic N) is 3. The minimum atomic E-state index is -1.14. The lowest BCUT2D eigenvalue weighted by Crippen LogP contribution is -2.27. The second-order valence-corrected chi connectivity index (χ2v) is 4.80. The van der Waals surface area contributed by atoms with E-state index < -0.39 is 5.97 Å². The monoisotopic (exact) mass is 308 g/mol. The fraction of sp³-hybridized carbons (Fsp3) is 0.231. The minimum Gasteiger partial charge on any atom is -0.476 e. The summed E-state index contributed by atoms with van der Waals surface area (Å²) in [6, 6.07) is 5.01. The molecule has 2 rings (SSSR count). The third-order valence-electron chi connectivity index (χ3n) is 2.80. The molecule has 7 nitrogen and oxygen atoms in total. The maximum absolute atomic E-state index is 11.9. The van der Waals surface area contributed by atoms with Gasteiger partial charge < -0.3 is 10.4 Å². The zero-order valence-corrected chi connectivity index (χ0v) is 12.0. The number of carbonyl (C=O) groups excluding carboxylic acids is 1. The Morgan fingerprint density at radius 3 is 2.81 bits per heavy atom. The summed E-state index contributed by atoms with van der Waals surface area (Å²) in [7, 11) is 0. The van der Waals surface area contributed by atoms with Gasteiger partial charge in [-0.05, 0) is 30.7 Å². The van der Waals surface area contributed by atoms with E-state index in [9.17, 15) is 9.59 Å². The fourth-order valence-electron chi connectivity index (χ4n) is 1.68. The third kappa shape index (κ3) is 3.79. The topological polar surface area (TPSA) is 97.1 Å². The van der Waals surface area contributed by atoms with Crippen LogP contribution in [0.15, 0.2) is 24.4 Å². The molecule has 8 heteroatoms. The molecule has 21 heavy (non-hydrogen) atoms. The number of hydrogen-bond donors (Lipinski definition) is 2. The number of carboxylic acid groups (broad SMARTS) is 1. The first kappa shape index (κ1) is 15.0. The number of benzene rings is 1. The molecule has 0 unspecified atom stereocenters. The predicted octanol–water partition coefficient (Wildman–Crippen LogP) is 1.37. The average molecular weight is 309 g/mol. The molecule has 0 aliphatic heterocycles. The molecule has 1 aromatic carbocycles. The van der Waals surface area contributed by atoms with Crippen molar-refractivity contribution in [2.75, 3.05) is 6.54 Å². The second-order valence-electron chi connectivity index (χ2n) is 4.39. The number of carboxylic acids is 1. The minimum absolute atomic E-state index is 0.130. The first-order valence-corrected chi connectivity index (χ1v) is 6.53. The van der Waals surface area contributed by atoms with Crippen LogP contribution in [0, 0.1) is 6.92 Å². The van der Waals surface area contributed by atoms with Crippen molar-refractivity contribution in [1.82, 2.24) is 20.3 Å². The number of aromatic carboxylic acids is 1. The number of amides is 1. The smallest absolute Gasteiger partial charge is 0.358 e. The highest BCUT2D eigenvalue weighted by Crippen LogP contribution is 2.16. The van der Waals surface area contributed by atoms with Crippen LogP contribution in [0.4, 0.5) is 0 Å². The second kappa shape index (κ2) is 6.36. The Kier molecular flexibility index (Phi) is 4.54. The molecule has 1 aromatic heterocycles. The van der Waals surface area contributed by atoms with Crippen molar-refractivity contribution in [3.05, 3.63) is 46.2 Å². The maximum Gasteiger partial charge on any atom is 0.358 e. The van der Waals surface area contributed by atoms with E-state index in [0.29, 0.717) is 23.7 Å². The Bertz CT molecular complexity index is 684. The van der Waals surface area contributed by atoms with Gasteiger partial charge in [0.25, 0.3) is 5.91 Å². The molecule has 2 aromatic rings. The van der Waals surface area contributed by atoms with Crippen LogP contribution in [0.25, 0.3) is 0 Å². The SMILES string of the molecule is Cc1cc(C(=O)NCCn2cc(C(=O)O)nn2)ccc1Cl. The normalized spacial score (nSPS) is 10.4. The summed E-state index contributed by atoms with van der Waals surface area (Å²) in [5.41, 5.74) is 1.21. The molecule has 2 N–H and O–H groups in total. The van der Waals surface area contributed by atoms with E-state index in [1.165, 1.54) is 10.9 Å². The molecule has 0 radical (unpaired) electrons. The van der Waals surface area contributed by atoms with Crippen LogP contribution >= 0.6 is 11.6 Å². The lowest BCUT2D eigenvalue weighted by Gasteiger charge is -2.06. The molecule has 0 spiro atoms. The molecular formula is C13H13ClN4O3. The van der Waals surface area contributed by atoms with Crippen molar-refractivity contribution >= 4 is 23.5 Å². The van der Waals surface area contributed by atoms with Crippen molar-refractivity contribution in [1.29, 1.82) is 0 Å². The summed E-state index contributed by atoms with van der Waals surface area (Å²) in [6.45, 7) is 2.46. The zero-order valence-electron chi connectivity index (χ0n) is 11.2. The third-order valence-corrected chi connectivity index (χ3v) is 3.23. The van der Waals surface area contributed by atoms with Crippen molar-refractivity contribution in [2.45, 2.75) is 13.5 Å². The molecular weight excluding hydrogens is 296 g/mol. The summed E-state index contributed by atoms with van der Waals surface area (Å²) >= 11 is 5.90. The Balaban J connectivity index is 1.88. The van der Waals surface area contributed by atoms with Gasteiger partial charge in [0.2, 0.25) is 0 Å². The number of rotatable bonds is 5. The molecule has 0 aliphatic rings. The van der Waals surface area contributed by atoms with Gasteiger partial charge in [0.05, 0.1) is 12.7 Å². The van der Waals surface area contributed by atoms with E-state index in [2.05, 4.69) is 15.6 Å². The Morgan fingerprint density at radius 1 is 1.43 bits per heavy atom. The van der Waals surface area contributed by atoms with Crippen molar-refractivity contribution in [2.24, 2.45) is 0 Å². The largest absolute Gasteiger partial charge is 0.476 e. The quantitative estimate of drug-likeness (QED) is 0.869. The molecule has 110 valence electrons. The van der Waals surface area contributed by atoms with Crippen molar-refractivity contribution in [3.63, 3.8) is 0 Å². The summed E-state index contributed by atoms with van der Waals surface area (Å²) in [5, 5.41) is 19.2. The van der Waals surface area contributed by atoms with Crippen molar-refractivity contribution in [3.8, 4) is 0 Å². The zero-order chi connectivity index (χ0) is 15.4. The standard InChI is InChI=1S/C13H13ClN4O3/c1-8-6-9(2-3-10(8)14)12(19)15-4-5-18-7-11(13(20)21)16-17-18/h2-3,6-7H,4-5H2,1H3,(H,15,19)(H,20,21). The number of aromatic nitrogens is 3. The lowest BCUT2D eigenvalue weighted by atomic mass is 10.1. The highest BCUT2D eigenvalue weighted by atomic mass is 35.5. The summed E-state index contributed by atoms with van der Waals surface area (Å²) in [5.74, 6) is -1.37. The number of halogens is 1. The van der Waals surface area contributed by atoms with E-state index in [0.717, 1.165) is 5.56 Å². The van der Waals surface area contributed by atoms with E-state index in [-0.39, 0.29) is 11.6 Å². The van der Waals surface area contributed by atoms with Crippen LogP contribution in [0.3, 0.4) is 0 Å². The summed E-state index contributed by atoms with van der Waals surface area (Å²) < 4.78 is 1.36. The Labute approximate surface area is 125 Å². The van der Waals surface area contributed by atoms with Gasteiger partial charge in [-0.25, -0.2) is 9.48 Å². The molecule has 0 saturated heterocycles. The van der Waals surface area contributed by atoms with Gasteiger partial charge in [-0.1, -0.05) is 16.8 Å². The van der Waals surface area contributed by atoms with Crippen LogP contribution in [0.1, 0.15) is 26.4 Å². The van der Waals surface area contributed by atoms with Crippen LogP contribution in [0.5, 0.6) is 0 Å². The average Bonchev–Trinajstić information content (AvgIpc) is 2.91. The Hall–Kier alpha value is -2.41. The maximum atomic E-state index is 11.9. The van der Waals surface area contributed by atoms with E-state index >= 15 is 0 Å². The van der Waals surface area contributed by atoms with Gasteiger partial charge in [-0.3, -0.25) is 4.79 Å². The number of carbonyl (C=O) groups is 2. The molecule has 0 fully saturated rings. The number of nitrogens with one attached hydrogen (secondary N) is 1. The van der Waals surface area contributed by atoms with E-state index in [1.54, 1.807) is 18.2 Å². The van der Waals surface area contributed by atoms with E-state index in [4.69, 9.17) is 16.7 Å². The van der Waals surface area contributed by atoms with Crippen LogP contribution < -0.4 is 5.32 Å². The highest BCUT2D eigenvalue weighted by Gasteiger charge is 2.09. The van der Waals surface area contributed by atoms with Gasteiger partial charge >= 0.3 is 5.97 Å². The number of aryl methyl sites for hydroxylation is 1. The van der Waals surface area contributed by atoms with Gasteiger partial charge in [-0.15, -0.1) is 5.10 Å². The number of hydrogen-bond acceptors (Lipinski definition) is 4.